The highest BCUT2D eigenvalue weighted by Gasteiger charge is 2.15. The van der Waals surface area contributed by atoms with Crippen LogP contribution in [0.5, 0.6) is 0 Å². The van der Waals surface area contributed by atoms with Crippen LogP contribution < -0.4 is 0 Å². The van der Waals surface area contributed by atoms with Gasteiger partial charge in [0.15, 0.2) is 5.69 Å². The Labute approximate surface area is 94.7 Å². The Kier molecular flexibility index (Phi) is 2.62. The molecular formula is C10H6ClFN2O2. The molecule has 0 bridgehead atoms. The molecule has 0 saturated carbocycles. The van der Waals surface area contributed by atoms with Crippen LogP contribution in [0.25, 0.3) is 11.1 Å². The van der Waals surface area contributed by atoms with E-state index in [9.17, 15) is 9.18 Å². The summed E-state index contributed by atoms with van der Waals surface area (Å²) in [6, 6.07) is 3.98. The third-order valence-corrected chi connectivity index (χ3v) is 2.36. The molecule has 4 nitrogen and oxygen atoms in total. The predicted molar refractivity (Wildman–Crippen MR) is 56.0 cm³/mol. The van der Waals surface area contributed by atoms with Crippen LogP contribution in [0.15, 0.2) is 24.4 Å². The highest BCUT2D eigenvalue weighted by atomic mass is 35.5. The molecule has 16 heavy (non-hydrogen) atoms. The Morgan fingerprint density at radius 3 is 2.88 bits per heavy atom. The van der Waals surface area contributed by atoms with Crippen LogP contribution in [-0.4, -0.2) is 21.3 Å². The van der Waals surface area contributed by atoms with Gasteiger partial charge >= 0.3 is 5.97 Å². The third kappa shape index (κ3) is 1.77. The van der Waals surface area contributed by atoms with Crippen molar-refractivity contribution in [1.29, 1.82) is 0 Å². The number of aromatic amines is 1. The van der Waals surface area contributed by atoms with Gasteiger partial charge in [0.05, 0.1) is 5.02 Å². The predicted octanol–water partition coefficient (Wildman–Crippen LogP) is 2.57. The normalized spacial score (nSPS) is 10.4. The number of benzene rings is 1. The highest BCUT2D eigenvalue weighted by molar-refractivity contribution is 6.31. The van der Waals surface area contributed by atoms with Crippen LogP contribution in [0.1, 0.15) is 10.5 Å². The third-order valence-electron chi connectivity index (χ3n) is 2.07. The molecule has 0 atom stereocenters. The van der Waals surface area contributed by atoms with Crippen molar-refractivity contribution in [2.24, 2.45) is 0 Å². The van der Waals surface area contributed by atoms with E-state index in [4.69, 9.17) is 16.7 Å². The van der Waals surface area contributed by atoms with Gasteiger partial charge in [-0.3, -0.25) is 5.10 Å². The molecule has 1 aromatic heterocycles. The average molecular weight is 241 g/mol. The van der Waals surface area contributed by atoms with Gasteiger partial charge in [0, 0.05) is 11.8 Å². The summed E-state index contributed by atoms with van der Waals surface area (Å²) in [6.45, 7) is 0. The quantitative estimate of drug-likeness (QED) is 0.848. The maximum Gasteiger partial charge on any atom is 0.357 e. The highest BCUT2D eigenvalue weighted by Crippen LogP contribution is 2.26. The van der Waals surface area contributed by atoms with E-state index in [0.717, 1.165) is 0 Å². The fourth-order valence-electron chi connectivity index (χ4n) is 1.34. The summed E-state index contributed by atoms with van der Waals surface area (Å²) in [4.78, 5) is 10.8. The zero-order chi connectivity index (χ0) is 11.7. The number of carbonyl (C=O) groups is 1. The molecule has 6 heteroatoms. The molecule has 0 saturated heterocycles. The molecule has 2 N–H and O–H groups in total. The van der Waals surface area contributed by atoms with Crippen LogP contribution in [0.4, 0.5) is 4.39 Å². The fourth-order valence-corrected chi connectivity index (χ4v) is 1.52. The van der Waals surface area contributed by atoms with Crippen LogP contribution in [0.3, 0.4) is 0 Å². The smallest absolute Gasteiger partial charge is 0.357 e. The maximum absolute atomic E-state index is 12.9. The van der Waals surface area contributed by atoms with E-state index in [1.54, 1.807) is 0 Å². The summed E-state index contributed by atoms with van der Waals surface area (Å²) in [5.41, 5.74) is 0.745. The summed E-state index contributed by atoms with van der Waals surface area (Å²) in [7, 11) is 0. The monoisotopic (exact) mass is 240 g/mol. The molecular weight excluding hydrogens is 235 g/mol. The summed E-state index contributed by atoms with van der Waals surface area (Å²) in [5, 5.41) is 14.8. The van der Waals surface area contributed by atoms with Gasteiger partial charge in [-0.05, 0) is 17.7 Å². The lowest BCUT2D eigenvalue weighted by Crippen LogP contribution is -1.98. The van der Waals surface area contributed by atoms with Crippen LogP contribution in [0.2, 0.25) is 5.02 Å². The molecule has 0 radical (unpaired) electrons. The van der Waals surface area contributed by atoms with Crippen molar-refractivity contribution in [3.8, 4) is 11.1 Å². The number of halogens is 2. The van der Waals surface area contributed by atoms with Crippen molar-refractivity contribution in [3.63, 3.8) is 0 Å². The minimum atomic E-state index is -1.16. The number of nitrogens with zero attached hydrogens (tertiary/aromatic N) is 1. The van der Waals surface area contributed by atoms with E-state index in [0.29, 0.717) is 11.1 Å². The SMILES string of the molecule is O=C(O)c1n[nH]cc1-c1ccc(F)c(Cl)c1. The molecule has 2 rings (SSSR count). The fraction of sp³-hybridized carbons (Fsp3) is 0. The van der Waals surface area contributed by atoms with Crippen LogP contribution in [-0.2, 0) is 0 Å². The first-order valence-electron chi connectivity index (χ1n) is 4.32. The lowest BCUT2D eigenvalue weighted by molar-refractivity contribution is 0.0691. The number of H-pyrrole nitrogens is 1. The van der Waals surface area contributed by atoms with Gasteiger partial charge in [-0.1, -0.05) is 17.7 Å². The van der Waals surface area contributed by atoms with Gasteiger partial charge in [0.25, 0.3) is 0 Å². The lowest BCUT2D eigenvalue weighted by Gasteiger charge is -2.00. The van der Waals surface area contributed by atoms with Crippen molar-refractivity contribution in [3.05, 3.63) is 40.9 Å². The summed E-state index contributed by atoms with van der Waals surface area (Å²) in [5.74, 6) is -1.71. The molecule has 0 aliphatic rings. The van der Waals surface area contributed by atoms with Gasteiger partial charge in [-0.15, -0.1) is 0 Å². The molecule has 0 fully saturated rings. The van der Waals surface area contributed by atoms with Crippen molar-refractivity contribution in [1.82, 2.24) is 10.2 Å². The second-order valence-corrected chi connectivity index (χ2v) is 3.49. The molecule has 0 spiro atoms. The molecule has 0 unspecified atom stereocenters. The van der Waals surface area contributed by atoms with Crippen LogP contribution >= 0.6 is 11.6 Å². The molecule has 1 aromatic carbocycles. The van der Waals surface area contributed by atoms with Gasteiger partial charge in [-0.25, -0.2) is 9.18 Å². The summed E-state index contributed by atoms with van der Waals surface area (Å²) in [6.07, 6.45) is 1.42. The van der Waals surface area contributed by atoms with Crippen molar-refractivity contribution < 1.29 is 14.3 Å². The number of hydrogen-bond acceptors (Lipinski definition) is 2. The van der Waals surface area contributed by atoms with Crippen molar-refractivity contribution in [2.45, 2.75) is 0 Å². The molecule has 0 aliphatic heterocycles. The number of aromatic nitrogens is 2. The Morgan fingerprint density at radius 1 is 1.50 bits per heavy atom. The number of rotatable bonds is 2. The zero-order valence-electron chi connectivity index (χ0n) is 7.87. The number of carboxylic acids is 1. The standard InChI is InChI=1S/C10H6ClFN2O2/c11-7-3-5(1-2-8(7)12)6-4-13-14-9(6)10(15)16/h1-4H,(H,13,14)(H,15,16). The minimum absolute atomic E-state index is 0.0601. The van der Waals surface area contributed by atoms with E-state index in [1.807, 2.05) is 0 Å². The molecule has 0 aliphatic carbocycles. The van der Waals surface area contributed by atoms with E-state index < -0.39 is 11.8 Å². The van der Waals surface area contributed by atoms with Crippen molar-refractivity contribution >= 4 is 17.6 Å². The second-order valence-electron chi connectivity index (χ2n) is 3.08. The Bertz CT molecular complexity index is 554. The second kappa shape index (κ2) is 3.94. The van der Waals surface area contributed by atoms with Crippen LogP contribution in [0, 0.1) is 5.82 Å². The molecule has 1 heterocycles. The largest absolute Gasteiger partial charge is 0.476 e. The molecule has 82 valence electrons. The van der Waals surface area contributed by atoms with Gasteiger partial charge < -0.3 is 5.11 Å². The molecule has 2 aromatic rings. The minimum Gasteiger partial charge on any atom is -0.476 e. The number of hydrogen-bond donors (Lipinski definition) is 2. The Hall–Kier alpha value is -1.88. The number of carboxylic acid groups (broad SMARTS) is 1. The Morgan fingerprint density at radius 2 is 2.25 bits per heavy atom. The number of nitrogens with one attached hydrogen (secondary N) is 1. The van der Waals surface area contributed by atoms with Gasteiger partial charge in [-0.2, -0.15) is 5.10 Å². The topological polar surface area (TPSA) is 66.0 Å². The Balaban J connectivity index is 2.54. The first-order chi connectivity index (χ1) is 7.59. The lowest BCUT2D eigenvalue weighted by atomic mass is 10.1. The van der Waals surface area contributed by atoms with Crippen molar-refractivity contribution in [2.75, 3.05) is 0 Å². The average Bonchev–Trinajstić information content (AvgIpc) is 2.71. The number of aromatic carboxylic acids is 1. The van der Waals surface area contributed by atoms with Gasteiger partial charge in [0.2, 0.25) is 0 Å². The van der Waals surface area contributed by atoms with E-state index in [1.165, 1.54) is 24.4 Å². The van der Waals surface area contributed by atoms with Gasteiger partial charge in [0.1, 0.15) is 5.82 Å². The van der Waals surface area contributed by atoms with E-state index in [-0.39, 0.29) is 10.7 Å². The first kappa shape index (κ1) is 10.6. The van der Waals surface area contributed by atoms with E-state index >= 15 is 0 Å². The van der Waals surface area contributed by atoms with E-state index in [2.05, 4.69) is 10.2 Å². The first-order valence-corrected chi connectivity index (χ1v) is 4.70. The summed E-state index contributed by atoms with van der Waals surface area (Å²) < 4.78 is 12.9. The zero-order valence-corrected chi connectivity index (χ0v) is 8.62. The summed E-state index contributed by atoms with van der Waals surface area (Å²) >= 11 is 5.61. The maximum atomic E-state index is 12.9. The molecule has 0 amide bonds.